The van der Waals surface area contributed by atoms with Gasteiger partial charge in [-0.1, -0.05) is 36.0 Å². The Morgan fingerprint density at radius 3 is 2.20 bits per heavy atom. The van der Waals surface area contributed by atoms with Gasteiger partial charge in [-0.05, 0) is 57.7 Å². The molecule has 12 heteroatoms. The van der Waals surface area contributed by atoms with E-state index in [1.807, 2.05) is 13.1 Å². The van der Waals surface area contributed by atoms with Gasteiger partial charge in [0.1, 0.15) is 16.4 Å². The average Bonchev–Trinajstić information content (AvgIpc) is 3.26. The quantitative estimate of drug-likeness (QED) is 0.215. The average molecular weight is 548 g/mol. The van der Waals surface area contributed by atoms with Crippen molar-refractivity contribution in [3.8, 4) is 0 Å². The van der Waals surface area contributed by atoms with Crippen LogP contribution in [0.3, 0.4) is 0 Å². The molecule has 3 aromatic rings. The highest BCUT2D eigenvalue weighted by atomic mass is 35.5. The van der Waals surface area contributed by atoms with Gasteiger partial charge >= 0.3 is 6.55 Å². The van der Waals surface area contributed by atoms with Gasteiger partial charge in [0.15, 0.2) is 0 Å². The maximum Gasteiger partial charge on any atom is 0.328 e. The third-order valence-electron chi connectivity index (χ3n) is 5.98. The summed E-state index contributed by atoms with van der Waals surface area (Å²) in [6.45, 7) is 2.52. The van der Waals surface area contributed by atoms with E-state index >= 15 is 0 Å². The number of imidazole rings is 1. The van der Waals surface area contributed by atoms with Gasteiger partial charge in [0.2, 0.25) is 0 Å². The van der Waals surface area contributed by atoms with Crippen LogP contribution < -0.4 is 4.31 Å². The molecule has 2 aromatic heterocycles. The second-order valence-corrected chi connectivity index (χ2v) is 11.0. The van der Waals surface area contributed by atoms with Crippen LogP contribution in [-0.4, -0.2) is 34.3 Å². The normalized spacial score (nSPS) is 12.0. The minimum atomic E-state index is -4.76. The van der Waals surface area contributed by atoms with Crippen molar-refractivity contribution in [2.75, 3.05) is 4.31 Å². The number of hydrogen-bond acceptors (Lipinski definition) is 4. The summed E-state index contributed by atoms with van der Waals surface area (Å²) < 4.78 is 58.3. The maximum absolute atomic E-state index is 14.1. The molecule has 0 N–H and O–H groups in total. The zero-order chi connectivity index (χ0) is 25.9. The van der Waals surface area contributed by atoms with Crippen molar-refractivity contribution in [3.63, 3.8) is 0 Å². The van der Waals surface area contributed by atoms with Crippen molar-refractivity contribution in [2.45, 2.75) is 70.9 Å². The summed E-state index contributed by atoms with van der Waals surface area (Å²) in [6.07, 6.45) is 8.27. The standard InChI is InChI=1S/C23H29Cl2F2N5O2S/c1-15-21(16(2)30(4)29-15)32(23(26)27)35(33,34)22-19(24)13-18(14-20(22)25)9-7-5-6-8-11-31-12-10-28-17(31)3/h10,12-14,23H,5-9,11H2,1-4H3. The van der Waals surface area contributed by atoms with E-state index in [2.05, 4.69) is 14.6 Å². The molecule has 0 spiro atoms. The summed E-state index contributed by atoms with van der Waals surface area (Å²) >= 11 is 12.6. The Morgan fingerprint density at radius 1 is 1.06 bits per heavy atom. The first-order valence-corrected chi connectivity index (χ1v) is 13.4. The minimum Gasteiger partial charge on any atom is -0.335 e. The number of alkyl halides is 2. The number of benzene rings is 1. The first-order valence-electron chi connectivity index (χ1n) is 11.2. The number of anilines is 1. The molecule has 0 atom stereocenters. The lowest BCUT2D eigenvalue weighted by Gasteiger charge is -2.25. The Balaban J connectivity index is 1.72. The van der Waals surface area contributed by atoms with Crippen LogP contribution in [0.25, 0.3) is 0 Å². The van der Waals surface area contributed by atoms with Crippen LogP contribution in [0.2, 0.25) is 10.0 Å². The molecule has 7 nitrogen and oxygen atoms in total. The van der Waals surface area contributed by atoms with Crippen molar-refractivity contribution >= 4 is 38.9 Å². The van der Waals surface area contributed by atoms with Crippen LogP contribution in [0.15, 0.2) is 29.4 Å². The number of rotatable bonds is 11. The molecule has 0 aliphatic rings. The molecule has 35 heavy (non-hydrogen) atoms. The summed E-state index contributed by atoms with van der Waals surface area (Å²) in [5.41, 5.74) is 0.991. The van der Waals surface area contributed by atoms with Crippen LogP contribution in [-0.2, 0) is 30.0 Å². The fraction of sp³-hybridized carbons (Fsp3) is 0.478. The SMILES string of the molecule is Cc1nn(C)c(C)c1N(C(F)F)S(=O)(=O)c1c(Cl)cc(CCCCCCn2ccnc2C)cc1Cl. The van der Waals surface area contributed by atoms with E-state index in [-0.39, 0.29) is 31.4 Å². The number of aryl methyl sites for hydroxylation is 5. The molecule has 0 unspecified atom stereocenters. The molecule has 0 fully saturated rings. The zero-order valence-electron chi connectivity index (χ0n) is 20.1. The van der Waals surface area contributed by atoms with Gasteiger partial charge < -0.3 is 4.57 Å². The number of nitrogens with zero attached hydrogens (tertiary/aromatic N) is 5. The van der Waals surface area contributed by atoms with E-state index in [1.165, 1.54) is 30.7 Å². The smallest absolute Gasteiger partial charge is 0.328 e. The van der Waals surface area contributed by atoms with Gasteiger partial charge in [0.05, 0.1) is 21.4 Å². The van der Waals surface area contributed by atoms with Crippen molar-refractivity contribution in [1.29, 1.82) is 0 Å². The molecule has 0 amide bonds. The molecule has 192 valence electrons. The molecule has 0 saturated carbocycles. The van der Waals surface area contributed by atoms with E-state index in [4.69, 9.17) is 23.2 Å². The molecule has 2 heterocycles. The topological polar surface area (TPSA) is 73.0 Å². The summed E-state index contributed by atoms with van der Waals surface area (Å²) in [4.78, 5) is 3.67. The monoisotopic (exact) mass is 547 g/mol. The minimum absolute atomic E-state index is 0.0411. The number of hydrogen-bond donors (Lipinski definition) is 0. The van der Waals surface area contributed by atoms with Crippen LogP contribution in [0, 0.1) is 20.8 Å². The third kappa shape index (κ3) is 5.98. The maximum atomic E-state index is 14.1. The highest BCUT2D eigenvalue weighted by Crippen LogP contribution is 2.38. The predicted molar refractivity (Wildman–Crippen MR) is 134 cm³/mol. The van der Waals surface area contributed by atoms with Crippen LogP contribution in [0.4, 0.5) is 14.5 Å². The van der Waals surface area contributed by atoms with E-state index < -0.39 is 21.5 Å². The molecular formula is C23H29Cl2F2N5O2S. The van der Waals surface area contributed by atoms with Gasteiger partial charge in [-0.25, -0.2) is 17.7 Å². The van der Waals surface area contributed by atoms with Crippen LogP contribution in [0.5, 0.6) is 0 Å². The lowest BCUT2D eigenvalue weighted by atomic mass is 10.1. The molecule has 0 aliphatic heterocycles. The van der Waals surface area contributed by atoms with Gasteiger partial charge in [-0.3, -0.25) is 4.68 Å². The lowest BCUT2D eigenvalue weighted by molar-refractivity contribution is 0.161. The first kappa shape index (κ1) is 27.4. The highest BCUT2D eigenvalue weighted by molar-refractivity contribution is 7.93. The Morgan fingerprint density at radius 2 is 1.69 bits per heavy atom. The van der Waals surface area contributed by atoms with Crippen molar-refractivity contribution in [3.05, 3.63) is 57.3 Å². The fourth-order valence-electron chi connectivity index (χ4n) is 4.11. The Labute approximate surface area is 214 Å². The third-order valence-corrected chi connectivity index (χ3v) is 8.62. The van der Waals surface area contributed by atoms with Crippen molar-refractivity contribution in [2.24, 2.45) is 7.05 Å². The van der Waals surface area contributed by atoms with Gasteiger partial charge in [0.25, 0.3) is 10.0 Å². The second kappa shape index (κ2) is 11.3. The van der Waals surface area contributed by atoms with E-state index in [1.54, 1.807) is 13.2 Å². The van der Waals surface area contributed by atoms with Crippen molar-refractivity contribution < 1.29 is 17.2 Å². The molecular weight excluding hydrogens is 519 g/mol. The zero-order valence-corrected chi connectivity index (χ0v) is 22.4. The number of aromatic nitrogens is 4. The largest absolute Gasteiger partial charge is 0.335 e. The summed E-state index contributed by atoms with van der Waals surface area (Å²) in [6, 6.07) is 2.98. The van der Waals surface area contributed by atoms with Crippen LogP contribution >= 0.6 is 23.2 Å². The second-order valence-electron chi connectivity index (χ2n) is 8.44. The Hall–Kier alpha value is -2.17. The summed E-state index contributed by atoms with van der Waals surface area (Å²) in [5, 5.41) is 3.69. The number of sulfonamides is 1. The molecule has 0 bridgehead atoms. The summed E-state index contributed by atoms with van der Waals surface area (Å²) in [5.74, 6) is 0.989. The molecule has 3 rings (SSSR count). The first-order chi connectivity index (χ1) is 16.4. The lowest BCUT2D eigenvalue weighted by Crippen LogP contribution is -2.36. The Kier molecular flexibility index (Phi) is 8.82. The molecule has 1 aromatic carbocycles. The van der Waals surface area contributed by atoms with Gasteiger partial charge in [-0.2, -0.15) is 13.9 Å². The number of unbranched alkanes of at least 4 members (excludes halogenated alkanes) is 3. The Bertz CT molecular complexity index is 1270. The van der Waals surface area contributed by atoms with Crippen molar-refractivity contribution in [1.82, 2.24) is 19.3 Å². The van der Waals surface area contributed by atoms with Gasteiger partial charge in [0, 0.05) is 26.0 Å². The van der Waals surface area contributed by atoms with Gasteiger partial charge in [-0.15, -0.1) is 0 Å². The summed E-state index contributed by atoms with van der Waals surface area (Å²) in [7, 11) is -3.21. The van der Waals surface area contributed by atoms with E-state index in [0.717, 1.165) is 43.6 Å². The fourth-order valence-corrected chi connectivity index (χ4v) is 6.75. The highest BCUT2D eigenvalue weighted by Gasteiger charge is 2.38. The van der Waals surface area contributed by atoms with E-state index in [0.29, 0.717) is 6.42 Å². The molecule has 0 aliphatic carbocycles. The molecule has 0 radical (unpaired) electrons. The van der Waals surface area contributed by atoms with Crippen LogP contribution in [0.1, 0.15) is 48.5 Å². The molecule has 0 saturated heterocycles. The number of halogens is 4. The predicted octanol–water partition coefficient (Wildman–Crippen LogP) is 6.07. The van der Waals surface area contributed by atoms with E-state index in [9.17, 15) is 17.2 Å².